The fourth-order valence-corrected chi connectivity index (χ4v) is 2.67. The summed E-state index contributed by atoms with van der Waals surface area (Å²) in [5, 5.41) is 8.06. The highest BCUT2D eigenvalue weighted by molar-refractivity contribution is 5.70. The van der Waals surface area contributed by atoms with Gasteiger partial charge in [-0.15, -0.1) is 0 Å². The van der Waals surface area contributed by atoms with Crippen molar-refractivity contribution in [2.75, 3.05) is 11.9 Å². The van der Waals surface area contributed by atoms with Crippen molar-refractivity contribution in [3.8, 4) is 11.1 Å². The first-order valence-corrected chi connectivity index (χ1v) is 7.08. The Hall–Kier alpha value is -1.77. The predicted molar refractivity (Wildman–Crippen MR) is 79.6 cm³/mol. The van der Waals surface area contributed by atoms with E-state index >= 15 is 0 Å². The SMILES string of the molecule is Cc1nn(C(C)C)cc1-c1ccc2c(c1)CCCN2. The monoisotopic (exact) mass is 255 g/mol. The summed E-state index contributed by atoms with van der Waals surface area (Å²) in [6, 6.07) is 7.13. The molecule has 0 unspecified atom stereocenters. The smallest absolute Gasteiger partial charge is 0.0672 e. The quantitative estimate of drug-likeness (QED) is 0.884. The van der Waals surface area contributed by atoms with Crippen molar-refractivity contribution in [1.29, 1.82) is 0 Å². The van der Waals surface area contributed by atoms with Gasteiger partial charge in [-0.1, -0.05) is 6.07 Å². The maximum Gasteiger partial charge on any atom is 0.0672 e. The van der Waals surface area contributed by atoms with E-state index in [1.54, 1.807) is 0 Å². The average molecular weight is 255 g/mol. The van der Waals surface area contributed by atoms with Gasteiger partial charge in [0.05, 0.1) is 5.69 Å². The van der Waals surface area contributed by atoms with Crippen LogP contribution in [0.5, 0.6) is 0 Å². The molecule has 3 rings (SSSR count). The van der Waals surface area contributed by atoms with Gasteiger partial charge in [-0.2, -0.15) is 5.10 Å². The standard InChI is InChI=1S/C16H21N3/c1-11(2)19-10-15(12(3)18-19)13-6-7-16-14(9-13)5-4-8-17-16/h6-7,9-11,17H,4-5,8H2,1-3H3. The minimum Gasteiger partial charge on any atom is -0.385 e. The van der Waals surface area contributed by atoms with Crippen molar-refractivity contribution in [2.45, 2.75) is 39.7 Å². The Morgan fingerprint density at radius 1 is 1.32 bits per heavy atom. The topological polar surface area (TPSA) is 29.9 Å². The van der Waals surface area contributed by atoms with Crippen molar-refractivity contribution in [3.05, 3.63) is 35.7 Å². The number of nitrogens with one attached hydrogen (secondary N) is 1. The summed E-state index contributed by atoms with van der Waals surface area (Å²) < 4.78 is 2.04. The number of nitrogens with zero attached hydrogens (tertiary/aromatic N) is 2. The molecule has 0 fully saturated rings. The molecule has 0 spiro atoms. The Balaban J connectivity index is 2.02. The summed E-state index contributed by atoms with van der Waals surface area (Å²) in [6.07, 6.45) is 4.56. The summed E-state index contributed by atoms with van der Waals surface area (Å²) in [5.41, 5.74) is 6.37. The molecule has 3 heteroatoms. The van der Waals surface area contributed by atoms with Crippen LogP contribution >= 0.6 is 0 Å². The first-order valence-electron chi connectivity index (χ1n) is 7.08. The molecule has 2 heterocycles. The maximum atomic E-state index is 4.60. The summed E-state index contributed by atoms with van der Waals surface area (Å²) >= 11 is 0. The van der Waals surface area contributed by atoms with Gasteiger partial charge in [-0.25, -0.2) is 0 Å². The van der Waals surface area contributed by atoms with Crippen LogP contribution in [0.3, 0.4) is 0 Å². The number of hydrogen-bond donors (Lipinski definition) is 1. The normalized spacial score (nSPS) is 14.3. The van der Waals surface area contributed by atoms with Crippen LogP contribution in [0.15, 0.2) is 24.4 Å². The fraction of sp³-hybridized carbons (Fsp3) is 0.438. The van der Waals surface area contributed by atoms with Gasteiger partial charge >= 0.3 is 0 Å². The number of anilines is 1. The molecule has 3 nitrogen and oxygen atoms in total. The van der Waals surface area contributed by atoms with E-state index in [0.29, 0.717) is 6.04 Å². The van der Waals surface area contributed by atoms with Gasteiger partial charge in [-0.05, 0) is 56.9 Å². The second kappa shape index (κ2) is 4.72. The molecule has 2 aromatic rings. The summed E-state index contributed by atoms with van der Waals surface area (Å²) in [4.78, 5) is 0. The molecule has 1 aromatic carbocycles. The van der Waals surface area contributed by atoms with Gasteiger partial charge in [-0.3, -0.25) is 4.68 Å². The minimum atomic E-state index is 0.409. The molecule has 1 aromatic heterocycles. The number of aromatic nitrogens is 2. The van der Waals surface area contributed by atoms with Crippen LogP contribution in [0.25, 0.3) is 11.1 Å². The molecule has 19 heavy (non-hydrogen) atoms. The van der Waals surface area contributed by atoms with Crippen LogP contribution in [-0.4, -0.2) is 16.3 Å². The number of benzene rings is 1. The van der Waals surface area contributed by atoms with E-state index in [-0.39, 0.29) is 0 Å². The fourth-order valence-electron chi connectivity index (χ4n) is 2.67. The van der Waals surface area contributed by atoms with Gasteiger partial charge < -0.3 is 5.32 Å². The highest BCUT2D eigenvalue weighted by atomic mass is 15.3. The number of fused-ring (bicyclic) bond motifs is 1. The van der Waals surface area contributed by atoms with E-state index < -0.39 is 0 Å². The molecule has 0 saturated carbocycles. The molecular formula is C16H21N3. The van der Waals surface area contributed by atoms with Crippen LogP contribution in [0.4, 0.5) is 5.69 Å². The zero-order valence-electron chi connectivity index (χ0n) is 11.9. The maximum absolute atomic E-state index is 4.60. The lowest BCUT2D eigenvalue weighted by Crippen LogP contribution is -2.11. The van der Waals surface area contributed by atoms with Crippen LogP contribution in [0, 0.1) is 6.92 Å². The molecule has 0 bridgehead atoms. The van der Waals surface area contributed by atoms with Crippen molar-refractivity contribution in [3.63, 3.8) is 0 Å². The van der Waals surface area contributed by atoms with Crippen molar-refractivity contribution < 1.29 is 0 Å². The molecule has 0 aliphatic carbocycles. The van der Waals surface area contributed by atoms with E-state index in [2.05, 4.69) is 55.6 Å². The number of rotatable bonds is 2. The van der Waals surface area contributed by atoms with Crippen LogP contribution < -0.4 is 5.32 Å². The van der Waals surface area contributed by atoms with Crippen molar-refractivity contribution >= 4 is 5.69 Å². The molecule has 100 valence electrons. The second-order valence-corrected chi connectivity index (χ2v) is 5.60. The third kappa shape index (κ3) is 2.25. The summed E-state index contributed by atoms with van der Waals surface area (Å²) in [6.45, 7) is 7.50. The highest BCUT2D eigenvalue weighted by Crippen LogP contribution is 2.30. The lowest BCUT2D eigenvalue weighted by molar-refractivity contribution is 0.529. The minimum absolute atomic E-state index is 0.409. The Labute approximate surface area is 114 Å². The van der Waals surface area contributed by atoms with Gasteiger partial charge in [0.1, 0.15) is 0 Å². The molecule has 0 atom stereocenters. The zero-order valence-corrected chi connectivity index (χ0v) is 11.9. The van der Waals surface area contributed by atoms with E-state index in [0.717, 1.165) is 12.2 Å². The Bertz CT molecular complexity index is 596. The zero-order chi connectivity index (χ0) is 13.4. The number of hydrogen-bond acceptors (Lipinski definition) is 2. The van der Waals surface area contributed by atoms with Crippen LogP contribution in [-0.2, 0) is 6.42 Å². The average Bonchev–Trinajstić information content (AvgIpc) is 2.80. The third-order valence-electron chi connectivity index (χ3n) is 3.80. The van der Waals surface area contributed by atoms with Crippen molar-refractivity contribution in [1.82, 2.24) is 9.78 Å². The number of aryl methyl sites for hydroxylation is 2. The molecule has 0 radical (unpaired) electrons. The molecule has 0 saturated heterocycles. The summed E-state index contributed by atoms with van der Waals surface area (Å²) in [5.74, 6) is 0. The highest BCUT2D eigenvalue weighted by Gasteiger charge is 2.13. The molecule has 1 aliphatic rings. The first-order chi connectivity index (χ1) is 9.15. The lowest BCUT2D eigenvalue weighted by Gasteiger charge is -2.18. The second-order valence-electron chi connectivity index (χ2n) is 5.60. The van der Waals surface area contributed by atoms with Gasteiger partial charge in [0, 0.05) is 30.0 Å². The van der Waals surface area contributed by atoms with Crippen LogP contribution in [0.1, 0.15) is 37.6 Å². The molecule has 1 aliphatic heterocycles. The Morgan fingerprint density at radius 3 is 2.89 bits per heavy atom. The van der Waals surface area contributed by atoms with Crippen molar-refractivity contribution in [2.24, 2.45) is 0 Å². The lowest BCUT2D eigenvalue weighted by atomic mass is 9.98. The van der Waals surface area contributed by atoms with E-state index in [9.17, 15) is 0 Å². The van der Waals surface area contributed by atoms with E-state index in [4.69, 9.17) is 0 Å². The van der Waals surface area contributed by atoms with Gasteiger partial charge in [0.25, 0.3) is 0 Å². The van der Waals surface area contributed by atoms with E-state index in [1.807, 2.05) is 4.68 Å². The largest absolute Gasteiger partial charge is 0.385 e. The van der Waals surface area contributed by atoms with Gasteiger partial charge in [0.15, 0.2) is 0 Å². The third-order valence-corrected chi connectivity index (χ3v) is 3.80. The molecular weight excluding hydrogens is 234 g/mol. The molecule has 0 amide bonds. The first kappa shape index (κ1) is 12.3. The molecule has 1 N–H and O–H groups in total. The Kier molecular flexibility index (Phi) is 3.05. The van der Waals surface area contributed by atoms with Crippen LogP contribution in [0.2, 0.25) is 0 Å². The van der Waals surface area contributed by atoms with Gasteiger partial charge in [0.2, 0.25) is 0 Å². The van der Waals surface area contributed by atoms with E-state index in [1.165, 1.54) is 35.2 Å². The Morgan fingerprint density at radius 2 is 2.16 bits per heavy atom. The predicted octanol–water partition coefficient (Wildman–Crippen LogP) is 3.80. The summed E-state index contributed by atoms with van der Waals surface area (Å²) in [7, 11) is 0.